The van der Waals surface area contributed by atoms with E-state index in [0.29, 0.717) is 0 Å². The van der Waals surface area contributed by atoms with E-state index in [1.54, 1.807) is 7.11 Å². The Kier molecular flexibility index (Phi) is 6.86. The standard InChI is InChI=1S/C13H27NO/c1-12(9-11-14(4)5)8-7-10-13(2,3)15-6/h9H,7-8,10-11H2,1-6H3. The summed E-state index contributed by atoms with van der Waals surface area (Å²) in [5.74, 6) is 0. The SMILES string of the molecule is COC(C)(C)CCCC(C)=CCN(C)C. The van der Waals surface area contributed by atoms with E-state index in [9.17, 15) is 0 Å². The first-order valence-corrected chi connectivity index (χ1v) is 5.73. The molecule has 0 amide bonds. The van der Waals surface area contributed by atoms with Crippen LogP contribution in [0.15, 0.2) is 11.6 Å². The minimum Gasteiger partial charge on any atom is -0.379 e. The Bertz CT molecular complexity index is 195. The molecule has 0 aromatic heterocycles. The van der Waals surface area contributed by atoms with Gasteiger partial charge in [-0.3, -0.25) is 0 Å². The van der Waals surface area contributed by atoms with Crippen LogP contribution in [0.4, 0.5) is 0 Å². The zero-order valence-corrected chi connectivity index (χ0v) is 11.3. The average Bonchev–Trinajstić information content (AvgIpc) is 2.14. The van der Waals surface area contributed by atoms with Crippen LogP contribution in [0.5, 0.6) is 0 Å². The van der Waals surface area contributed by atoms with Gasteiger partial charge < -0.3 is 9.64 Å². The Balaban J connectivity index is 3.72. The van der Waals surface area contributed by atoms with Crippen molar-refractivity contribution in [3.05, 3.63) is 11.6 Å². The maximum atomic E-state index is 5.39. The van der Waals surface area contributed by atoms with Crippen LogP contribution in [-0.2, 0) is 4.74 Å². The van der Waals surface area contributed by atoms with Gasteiger partial charge in [0.15, 0.2) is 0 Å². The van der Waals surface area contributed by atoms with E-state index < -0.39 is 0 Å². The largest absolute Gasteiger partial charge is 0.379 e. The molecule has 0 rings (SSSR count). The van der Waals surface area contributed by atoms with Gasteiger partial charge in [0, 0.05) is 13.7 Å². The Morgan fingerprint density at radius 3 is 2.40 bits per heavy atom. The van der Waals surface area contributed by atoms with E-state index in [-0.39, 0.29) is 5.60 Å². The predicted octanol–water partition coefficient (Wildman–Crippen LogP) is 3.09. The highest BCUT2D eigenvalue weighted by Crippen LogP contribution is 2.18. The highest BCUT2D eigenvalue weighted by Gasteiger charge is 2.14. The van der Waals surface area contributed by atoms with Gasteiger partial charge in [-0.2, -0.15) is 0 Å². The van der Waals surface area contributed by atoms with Crippen molar-refractivity contribution in [2.75, 3.05) is 27.7 Å². The topological polar surface area (TPSA) is 12.5 Å². The first-order valence-electron chi connectivity index (χ1n) is 5.73. The fraction of sp³-hybridized carbons (Fsp3) is 0.846. The van der Waals surface area contributed by atoms with E-state index in [1.807, 2.05) is 0 Å². The lowest BCUT2D eigenvalue weighted by Gasteiger charge is -2.22. The van der Waals surface area contributed by atoms with E-state index in [4.69, 9.17) is 4.74 Å². The molecule has 2 heteroatoms. The minimum absolute atomic E-state index is 0.0296. The second-order valence-corrected chi connectivity index (χ2v) is 5.13. The van der Waals surface area contributed by atoms with Crippen LogP contribution in [-0.4, -0.2) is 38.3 Å². The summed E-state index contributed by atoms with van der Waals surface area (Å²) in [5, 5.41) is 0. The van der Waals surface area contributed by atoms with Crippen molar-refractivity contribution >= 4 is 0 Å². The quantitative estimate of drug-likeness (QED) is 0.603. The molecule has 90 valence electrons. The molecule has 0 N–H and O–H groups in total. The van der Waals surface area contributed by atoms with Gasteiger partial charge in [-0.1, -0.05) is 11.6 Å². The maximum absolute atomic E-state index is 5.39. The molecule has 0 radical (unpaired) electrons. The van der Waals surface area contributed by atoms with Crippen molar-refractivity contribution in [1.82, 2.24) is 4.90 Å². The molecule has 0 aliphatic carbocycles. The zero-order valence-electron chi connectivity index (χ0n) is 11.3. The van der Waals surface area contributed by atoms with E-state index in [2.05, 4.69) is 45.8 Å². The molecule has 15 heavy (non-hydrogen) atoms. The fourth-order valence-corrected chi connectivity index (χ4v) is 1.34. The highest BCUT2D eigenvalue weighted by atomic mass is 16.5. The van der Waals surface area contributed by atoms with Crippen LogP contribution in [0.3, 0.4) is 0 Å². The van der Waals surface area contributed by atoms with Gasteiger partial charge in [0.2, 0.25) is 0 Å². The summed E-state index contributed by atoms with van der Waals surface area (Å²) >= 11 is 0. The smallest absolute Gasteiger partial charge is 0.0622 e. The Labute approximate surface area is 95.3 Å². The summed E-state index contributed by atoms with van der Waals surface area (Å²) in [7, 11) is 5.98. The molecule has 0 aromatic rings. The number of hydrogen-bond donors (Lipinski definition) is 0. The maximum Gasteiger partial charge on any atom is 0.0622 e. The molecule has 0 aromatic carbocycles. The second kappa shape index (κ2) is 7.02. The monoisotopic (exact) mass is 213 g/mol. The van der Waals surface area contributed by atoms with E-state index >= 15 is 0 Å². The molecule has 0 heterocycles. The first-order chi connectivity index (χ1) is 6.87. The summed E-state index contributed by atoms with van der Waals surface area (Å²) in [5.41, 5.74) is 1.51. The van der Waals surface area contributed by atoms with E-state index in [0.717, 1.165) is 13.0 Å². The van der Waals surface area contributed by atoms with Crippen LogP contribution in [0.25, 0.3) is 0 Å². The Morgan fingerprint density at radius 2 is 1.93 bits per heavy atom. The molecule has 0 bridgehead atoms. The number of allylic oxidation sites excluding steroid dienone is 1. The third-order valence-electron chi connectivity index (χ3n) is 2.71. The molecular weight excluding hydrogens is 186 g/mol. The van der Waals surface area contributed by atoms with Crippen LogP contribution in [0, 0.1) is 0 Å². The molecule has 0 atom stereocenters. The normalized spacial score (nSPS) is 13.7. The summed E-state index contributed by atoms with van der Waals surface area (Å²) in [6.07, 6.45) is 5.81. The lowest BCUT2D eigenvalue weighted by molar-refractivity contribution is 0.0140. The number of methoxy groups -OCH3 is 1. The molecule has 0 saturated heterocycles. The molecule has 0 aliphatic heterocycles. The molecule has 0 spiro atoms. The molecule has 2 nitrogen and oxygen atoms in total. The van der Waals surface area contributed by atoms with Gasteiger partial charge in [-0.25, -0.2) is 0 Å². The Morgan fingerprint density at radius 1 is 1.33 bits per heavy atom. The summed E-state index contributed by atoms with van der Waals surface area (Å²) in [4.78, 5) is 2.18. The van der Waals surface area contributed by atoms with Gasteiger partial charge in [0.05, 0.1) is 5.60 Å². The summed E-state index contributed by atoms with van der Waals surface area (Å²) in [6.45, 7) is 7.54. The zero-order chi connectivity index (χ0) is 11.9. The van der Waals surface area contributed by atoms with E-state index in [1.165, 1.54) is 18.4 Å². The lowest BCUT2D eigenvalue weighted by Crippen LogP contribution is -2.21. The van der Waals surface area contributed by atoms with Crippen molar-refractivity contribution in [1.29, 1.82) is 0 Å². The van der Waals surface area contributed by atoms with Gasteiger partial charge in [0.25, 0.3) is 0 Å². The van der Waals surface area contributed by atoms with Crippen molar-refractivity contribution in [3.8, 4) is 0 Å². The van der Waals surface area contributed by atoms with Gasteiger partial charge in [-0.15, -0.1) is 0 Å². The number of rotatable bonds is 7. The summed E-state index contributed by atoms with van der Waals surface area (Å²) < 4.78 is 5.39. The van der Waals surface area contributed by atoms with Crippen LogP contribution in [0.1, 0.15) is 40.0 Å². The molecule has 0 aliphatic rings. The van der Waals surface area contributed by atoms with Crippen molar-refractivity contribution in [3.63, 3.8) is 0 Å². The number of hydrogen-bond acceptors (Lipinski definition) is 2. The van der Waals surface area contributed by atoms with Gasteiger partial charge in [-0.05, 0) is 54.1 Å². The molecule has 0 unspecified atom stereocenters. The average molecular weight is 213 g/mol. The number of ether oxygens (including phenoxy) is 1. The number of likely N-dealkylation sites (N-methyl/N-ethyl adjacent to an activating group) is 1. The number of nitrogens with zero attached hydrogens (tertiary/aromatic N) is 1. The van der Waals surface area contributed by atoms with Crippen LogP contribution in [0.2, 0.25) is 0 Å². The van der Waals surface area contributed by atoms with Crippen molar-refractivity contribution in [2.24, 2.45) is 0 Å². The highest BCUT2D eigenvalue weighted by molar-refractivity contribution is 4.99. The predicted molar refractivity (Wildman–Crippen MR) is 67.3 cm³/mol. The molecular formula is C13H27NO. The van der Waals surface area contributed by atoms with Crippen molar-refractivity contribution in [2.45, 2.75) is 45.6 Å². The van der Waals surface area contributed by atoms with Gasteiger partial charge >= 0.3 is 0 Å². The van der Waals surface area contributed by atoms with Crippen LogP contribution < -0.4 is 0 Å². The van der Waals surface area contributed by atoms with Crippen molar-refractivity contribution < 1.29 is 4.74 Å². The molecule has 0 saturated carbocycles. The minimum atomic E-state index is 0.0296. The lowest BCUT2D eigenvalue weighted by atomic mass is 9.99. The molecule has 0 fully saturated rings. The van der Waals surface area contributed by atoms with Gasteiger partial charge in [0.1, 0.15) is 0 Å². The third-order valence-corrected chi connectivity index (χ3v) is 2.71. The third kappa shape index (κ3) is 8.64. The fourth-order valence-electron chi connectivity index (χ4n) is 1.34. The second-order valence-electron chi connectivity index (χ2n) is 5.13. The Hall–Kier alpha value is -0.340. The van der Waals surface area contributed by atoms with Crippen LogP contribution >= 0.6 is 0 Å². The summed E-state index contributed by atoms with van der Waals surface area (Å²) in [6, 6.07) is 0. The first kappa shape index (κ1) is 14.7.